The summed E-state index contributed by atoms with van der Waals surface area (Å²) in [6.07, 6.45) is 1.22. The van der Waals surface area contributed by atoms with Crippen molar-refractivity contribution in [3.05, 3.63) is 75.8 Å². The van der Waals surface area contributed by atoms with Gasteiger partial charge in [-0.3, -0.25) is 25.0 Å². The summed E-state index contributed by atoms with van der Waals surface area (Å²) in [7, 11) is 0. The van der Waals surface area contributed by atoms with Crippen molar-refractivity contribution in [2.45, 2.75) is 0 Å². The summed E-state index contributed by atoms with van der Waals surface area (Å²) in [5.41, 5.74) is 0.149. The summed E-state index contributed by atoms with van der Waals surface area (Å²) in [5, 5.41) is 12.9. The summed E-state index contributed by atoms with van der Waals surface area (Å²) < 4.78 is 0. The highest BCUT2D eigenvalue weighted by molar-refractivity contribution is 6.39. The fraction of sp³-hybridized carbons (Fsp3) is 0. The number of rotatable bonds is 3. The molecule has 1 fully saturated rings. The molecule has 0 bridgehead atoms. The molecule has 124 valence electrons. The first-order valence-corrected chi connectivity index (χ1v) is 7.18. The van der Waals surface area contributed by atoms with Crippen LogP contribution in [0.25, 0.3) is 6.08 Å². The Morgan fingerprint density at radius 3 is 2.40 bits per heavy atom. The second-order valence-corrected chi connectivity index (χ2v) is 5.15. The highest BCUT2D eigenvalue weighted by Crippen LogP contribution is 2.22. The molecule has 3 rings (SSSR count). The van der Waals surface area contributed by atoms with Crippen LogP contribution in [0.2, 0.25) is 0 Å². The molecule has 25 heavy (non-hydrogen) atoms. The van der Waals surface area contributed by atoms with Gasteiger partial charge in [-0.25, -0.2) is 9.69 Å². The predicted molar refractivity (Wildman–Crippen MR) is 88.5 cm³/mol. The molecule has 1 aliphatic rings. The molecule has 1 aliphatic heterocycles. The Kier molecular flexibility index (Phi) is 4.09. The van der Waals surface area contributed by atoms with E-state index in [0.717, 1.165) is 4.90 Å². The number of carbonyl (C=O) groups is 3. The van der Waals surface area contributed by atoms with E-state index in [2.05, 4.69) is 5.32 Å². The van der Waals surface area contributed by atoms with Gasteiger partial charge in [-0.1, -0.05) is 30.3 Å². The number of nitrogens with one attached hydrogen (secondary N) is 1. The van der Waals surface area contributed by atoms with E-state index in [1.807, 2.05) is 0 Å². The van der Waals surface area contributed by atoms with Crippen LogP contribution in [0.3, 0.4) is 0 Å². The number of amides is 4. The number of hydrogen-bond donors (Lipinski definition) is 1. The summed E-state index contributed by atoms with van der Waals surface area (Å²) in [4.78, 5) is 47.8. The quantitative estimate of drug-likeness (QED) is 0.400. The maximum Gasteiger partial charge on any atom is 0.335 e. The molecule has 8 nitrogen and oxygen atoms in total. The Balaban J connectivity index is 2.02. The van der Waals surface area contributed by atoms with Crippen LogP contribution in [0, 0.1) is 10.1 Å². The number of imide groups is 2. The number of para-hydroxylation sites is 1. The van der Waals surface area contributed by atoms with Gasteiger partial charge in [-0.05, 0) is 23.8 Å². The number of nitro benzene ring substituents is 1. The smallest absolute Gasteiger partial charge is 0.273 e. The van der Waals surface area contributed by atoms with Crippen molar-refractivity contribution >= 4 is 35.3 Å². The van der Waals surface area contributed by atoms with Gasteiger partial charge in [-0.15, -0.1) is 0 Å². The fourth-order valence-electron chi connectivity index (χ4n) is 2.36. The fourth-order valence-corrected chi connectivity index (χ4v) is 2.36. The molecular formula is C17H11N3O5. The molecule has 0 saturated carbocycles. The van der Waals surface area contributed by atoms with Gasteiger partial charge in [0, 0.05) is 12.1 Å². The lowest BCUT2D eigenvalue weighted by Gasteiger charge is -2.26. The number of nitro groups is 1. The van der Waals surface area contributed by atoms with Crippen LogP contribution in [0.15, 0.2) is 60.2 Å². The largest absolute Gasteiger partial charge is 0.335 e. The number of benzene rings is 2. The second-order valence-electron chi connectivity index (χ2n) is 5.15. The maximum absolute atomic E-state index is 12.6. The maximum atomic E-state index is 12.6. The molecule has 4 amide bonds. The predicted octanol–water partition coefficient (Wildman–Crippen LogP) is 2.26. The van der Waals surface area contributed by atoms with Crippen molar-refractivity contribution in [1.29, 1.82) is 0 Å². The van der Waals surface area contributed by atoms with Crippen LogP contribution >= 0.6 is 0 Å². The molecule has 2 aromatic carbocycles. The lowest BCUT2D eigenvalue weighted by atomic mass is 10.1. The molecule has 2 aromatic rings. The van der Waals surface area contributed by atoms with Crippen LogP contribution in [0.5, 0.6) is 0 Å². The van der Waals surface area contributed by atoms with Crippen molar-refractivity contribution in [1.82, 2.24) is 5.32 Å². The van der Waals surface area contributed by atoms with E-state index in [-0.39, 0.29) is 11.3 Å². The summed E-state index contributed by atoms with van der Waals surface area (Å²) in [6.45, 7) is 0. The first kappa shape index (κ1) is 16.1. The molecule has 0 aliphatic carbocycles. The van der Waals surface area contributed by atoms with Crippen molar-refractivity contribution < 1.29 is 19.3 Å². The average molecular weight is 337 g/mol. The van der Waals surface area contributed by atoms with Gasteiger partial charge in [0.1, 0.15) is 5.57 Å². The van der Waals surface area contributed by atoms with Crippen molar-refractivity contribution in [3.63, 3.8) is 0 Å². The third-order valence-electron chi connectivity index (χ3n) is 3.51. The van der Waals surface area contributed by atoms with E-state index in [9.17, 15) is 24.5 Å². The van der Waals surface area contributed by atoms with Crippen molar-refractivity contribution in [2.75, 3.05) is 4.90 Å². The Bertz CT molecular complexity index is 921. The third-order valence-corrected chi connectivity index (χ3v) is 3.51. The normalized spacial score (nSPS) is 16.1. The number of carbonyl (C=O) groups excluding carboxylic acids is 3. The van der Waals surface area contributed by atoms with E-state index in [4.69, 9.17) is 0 Å². The van der Waals surface area contributed by atoms with Gasteiger partial charge in [-0.2, -0.15) is 0 Å². The molecule has 0 spiro atoms. The Morgan fingerprint density at radius 2 is 1.72 bits per heavy atom. The average Bonchev–Trinajstić information content (AvgIpc) is 2.59. The Labute approximate surface area is 141 Å². The summed E-state index contributed by atoms with van der Waals surface area (Å²) in [6, 6.07) is 12.8. The van der Waals surface area contributed by atoms with Crippen LogP contribution in [-0.2, 0) is 9.59 Å². The first-order chi connectivity index (χ1) is 12.0. The van der Waals surface area contributed by atoms with E-state index >= 15 is 0 Å². The highest BCUT2D eigenvalue weighted by atomic mass is 16.6. The zero-order valence-electron chi connectivity index (χ0n) is 12.7. The van der Waals surface area contributed by atoms with Gasteiger partial charge in [0.05, 0.1) is 10.6 Å². The number of anilines is 1. The van der Waals surface area contributed by atoms with Gasteiger partial charge < -0.3 is 0 Å². The summed E-state index contributed by atoms with van der Waals surface area (Å²) in [5.74, 6) is -1.65. The van der Waals surface area contributed by atoms with Gasteiger partial charge in [0.15, 0.2) is 0 Å². The molecule has 1 heterocycles. The van der Waals surface area contributed by atoms with Crippen molar-refractivity contribution in [3.8, 4) is 0 Å². The minimum absolute atomic E-state index is 0.172. The van der Waals surface area contributed by atoms with Gasteiger partial charge in [0.25, 0.3) is 17.5 Å². The molecule has 0 radical (unpaired) electrons. The van der Waals surface area contributed by atoms with E-state index in [1.165, 1.54) is 30.3 Å². The van der Waals surface area contributed by atoms with E-state index in [0.29, 0.717) is 11.3 Å². The molecule has 0 atom stereocenters. The van der Waals surface area contributed by atoms with Crippen LogP contribution < -0.4 is 10.2 Å². The lowest BCUT2D eigenvalue weighted by molar-refractivity contribution is -0.384. The Morgan fingerprint density at radius 1 is 1.00 bits per heavy atom. The SMILES string of the molecule is O=C1NC(=O)N(c2ccccc2)C(=O)C1=Cc1cccc([N+](=O)[O-])c1. The summed E-state index contributed by atoms with van der Waals surface area (Å²) >= 11 is 0. The standard InChI is InChI=1S/C17H11N3O5/c21-15-14(10-11-5-4-8-13(9-11)20(24)25)16(22)19(17(23)18-15)12-6-2-1-3-7-12/h1-10H,(H,18,21,23). The van der Waals surface area contributed by atoms with Crippen LogP contribution in [0.1, 0.15) is 5.56 Å². The molecular weight excluding hydrogens is 326 g/mol. The van der Waals surface area contributed by atoms with Gasteiger partial charge in [0.2, 0.25) is 0 Å². The zero-order valence-corrected chi connectivity index (χ0v) is 12.7. The number of urea groups is 1. The molecule has 1 N–H and O–H groups in total. The Hall–Kier alpha value is -3.81. The monoisotopic (exact) mass is 337 g/mol. The van der Waals surface area contributed by atoms with Gasteiger partial charge >= 0.3 is 6.03 Å². The van der Waals surface area contributed by atoms with Crippen LogP contribution in [0.4, 0.5) is 16.2 Å². The minimum atomic E-state index is -0.853. The number of barbiturate groups is 1. The van der Waals surface area contributed by atoms with Crippen molar-refractivity contribution in [2.24, 2.45) is 0 Å². The highest BCUT2D eigenvalue weighted by Gasteiger charge is 2.36. The molecule has 0 aromatic heterocycles. The second kappa shape index (κ2) is 6.36. The lowest BCUT2D eigenvalue weighted by Crippen LogP contribution is -2.54. The first-order valence-electron chi connectivity index (χ1n) is 7.18. The third kappa shape index (κ3) is 3.13. The molecule has 1 saturated heterocycles. The van der Waals surface area contributed by atoms with Crippen LogP contribution in [-0.4, -0.2) is 22.8 Å². The molecule has 0 unspecified atom stereocenters. The zero-order chi connectivity index (χ0) is 18.0. The number of hydrogen-bond acceptors (Lipinski definition) is 5. The van der Waals surface area contributed by atoms with E-state index < -0.39 is 22.8 Å². The number of nitrogens with zero attached hydrogens (tertiary/aromatic N) is 2. The van der Waals surface area contributed by atoms with E-state index in [1.54, 1.807) is 30.3 Å². The number of non-ortho nitro benzene ring substituents is 1. The molecule has 8 heteroatoms. The topological polar surface area (TPSA) is 110 Å². The minimum Gasteiger partial charge on any atom is -0.273 e.